The van der Waals surface area contributed by atoms with Crippen LogP contribution < -0.4 is 0 Å². The maximum absolute atomic E-state index is 14.5. The highest BCUT2D eigenvalue weighted by Crippen LogP contribution is 2.35. The monoisotopic (exact) mass is 353 g/mol. The normalized spacial score (nSPS) is 11.7. The largest absolute Gasteiger partial charge is 0.204 e. The fourth-order valence-corrected chi connectivity index (χ4v) is 2.66. The fraction of sp³-hybridized carbons (Fsp3) is 0. The maximum atomic E-state index is 14.5. The summed E-state index contributed by atoms with van der Waals surface area (Å²) in [7, 11) is 0. The zero-order valence-corrected chi connectivity index (χ0v) is 13.3. The number of allylic oxidation sites excluding steroid dienone is 1. The maximum Gasteiger partial charge on any atom is 0.198 e. The van der Waals surface area contributed by atoms with Gasteiger partial charge in [-0.2, -0.15) is 5.26 Å². The Morgan fingerprint density at radius 2 is 1.23 bits per heavy atom. The average Bonchev–Trinajstić information content (AvgIpc) is 2.69. The molecule has 3 aromatic rings. The van der Waals surface area contributed by atoms with Crippen molar-refractivity contribution in [3.63, 3.8) is 0 Å². The van der Waals surface area contributed by atoms with E-state index in [0.29, 0.717) is 17.2 Å². The minimum atomic E-state index is -1.92. The van der Waals surface area contributed by atoms with Gasteiger partial charge in [0.1, 0.15) is 6.07 Å². The number of hydrogen-bond acceptors (Lipinski definition) is 1. The minimum Gasteiger partial charge on any atom is -0.204 e. The van der Waals surface area contributed by atoms with Crippen molar-refractivity contribution >= 4 is 11.1 Å². The third kappa shape index (κ3) is 3.09. The lowest BCUT2D eigenvalue weighted by molar-refractivity contribution is 0.408. The first kappa shape index (κ1) is 17.4. The van der Waals surface area contributed by atoms with Crippen molar-refractivity contribution in [1.82, 2.24) is 0 Å². The van der Waals surface area contributed by atoms with Gasteiger partial charge in [-0.1, -0.05) is 60.7 Å². The Balaban J connectivity index is 2.42. The van der Waals surface area contributed by atoms with Crippen LogP contribution in [0.25, 0.3) is 11.1 Å². The molecule has 5 heteroatoms. The molecule has 0 heterocycles. The molecule has 0 aliphatic carbocycles. The summed E-state index contributed by atoms with van der Waals surface area (Å²) in [5, 5.41) is 9.66. The van der Waals surface area contributed by atoms with E-state index in [0.717, 1.165) is 0 Å². The number of halogens is 4. The summed E-state index contributed by atoms with van der Waals surface area (Å²) >= 11 is 0. The first-order valence-electron chi connectivity index (χ1n) is 7.63. The number of nitriles is 1. The minimum absolute atomic E-state index is 0.0149. The lowest BCUT2D eigenvalue weighted by Crippen LogP contribution is -2.04. The van der Waals surface area contributed by atoms with Crippen LogP contribution in [0, 0.1) is 34.6 Å². The molecular weight excluding hydrogens is 342 g/mol. The molecule has 0 spiro atoms. The van der Waals surface area contributed by atoms with Crippen molar-refractivity contribution in [2.75, 3.05) is 0 Å². The molecule has 0 atom stereocenters. The first-order valence-corrected chi connectivity index (χ1v) is 7.63. The van der Waals surface area contributed by atoms with E-state index in [4.69, 9.17) is 0 Å². The third-order valence-electron chi connectivity index (χ3n) is 3.86. The number of hydrogen-bond donors (Lipinski definition) is 0. The highest BCUT2D eigenvalue weighted by atomic mass is 19.2. The van der Waals surface area contributed by atoms with Crippen LogP contribution in [0.4, 0.5) is 17.6 Å². The van der Waals surface area contributed by atoms with Crippen molar-refractivity contribution in [3.05, 3.63) is 107 Å². The van der Waals surface area contributed by atoms with Crippen LogP contribution in [0.3, 0.4) is 0 Å². The van der Waals surface area contributed by atoms with Gasteiger partial charge in [0.2, 0.25) is 0 Å². The molecule has 1 nitrogen and oxygen atoms in total. The van der Waals surface area contributed by atoms with Crippen molar-refractivity contribution in [2.45, 2.75) is 0 Å². The Hall–Kier alpha value is -3.39. The predicted molar refractivity (Wildman–Crippen MR) is 90.7 cm³/mol. The van der Waals surface area contributed by atoms with E-state index in [-0.39, 0.29) is 11.1 Å². The van der Waals surface area contributed by atoms with Crippen LogP contribution in [-0.4, -0.2) is 0 Å². The zero-order valence-electron chi connectivity index (χ0n) is 13.3. The van der Waals surface area contributed by atoms with Crippen molar-refractivity contribution in [1.29, 1.82) is 5.26 Å². The quantitative estimate of drug-likeness (QED) is 0.194. The van der Waals surface area contributed by atoms with Crippen LogP contribution in [0.1, 0.15) is 16.7 Å². The van der Waals surface area contributed by atoms with E-state index >= 15 is 0 Å². The van der Waals surface area contributed by atoms with E-state index in [1.54, 1.807) is 60.7 Å². The van der Waals surface area contributed by atoms with Crippen molar-refractivity contribution < 1.29 is 17.6 Å². The molecule has 0 bridgehead atoms. The number of rotatable bonds is 3. The van der Waals surface area contributed by atoms with Gasteiger partial charge in [-0.3, -0.25) is 0 Å². The van der Waals surface area contributed by atoms with Crippen LogP contribution in [0.2, 0.25) is 0 Å². The summed E-state index contributed by atoms with van der Waals surface area (Å²) in [6.07, 6.45) is 0. The third-order valence-corrected chi connectivity index (χ3v) is 3.86. The van der Waals surface area contributed by atoms with E-state index in [9.17, 15) is 22.8 Å². The molecular formula is C21H11F4N. The molecule has 128 valence electrons. The highest BCUT2D eigenvalue weighted by molar-refractivity contribution is 6.03. The molecule has 3 rings (SSSR count). The van der Waals surface area contributed by atoms with Crippen LogP contribution in [-0.2, 0) is 0 Å². The van der Waals surface area contributed by atoms with Gasteiger partial charge in [-0.15, -0.1) is 0 Å². The zero-order chi connectivity index (χ0) is 18.7. The summed E-state index contributed by atoms with van der Waals surface area (Å²) < 4.78 is 55.4. The molecule has 0 aliphatic heterocycles. The van der Waals surface area contributed by atoms with Crippen LogP contribution in [0.15, 0.2) is 66.7 Å². The molecule has 0 fully saturated rings. The van der Waals surface area contributed by atoms with Crippen molar-refractivity contribution in [3.8, 4) is 6.07 Å². The lowest BCUT2D eigenvalue weighted by atomic mass is 9.89. The molecule has 0 amide bonds. The molecule has 0 unspecified atom stereocenters. The van der Waals surface area contributed by atoms with E-state index in [2.05, 4.69) is 0 Å². The Morgan fingerprint density at radius 1 is 0.692 bits per heavy atom. The van der Waals surface area contributed by atoms with Gasteiger partial charge < -0.3 is 0 Å². The second-order valence-corrected chi connectivity index (χ2v) is 5.44. The molecule has 0 N–H and O–H groups in total. The average molecular weight is 353 g/mol. The van der Waals surface area contributed by atoms with Crippen LogP contribution in [0.5, 0.6) is 0 Å². The van der Waals surface area contributed by atoms with Gasteiger partial charge in [-0.25, -0.2) is 17.6 Å². The molecule has 0 aliphatic rings. The molecule has 3 aromatic carbocycles. The number of benzene rings is 3. The first-order chi connectivity index (χ1) is 12.5. The van der Waals surface area contributed by atoms with E-state index in [1.807, 2.05) is 6.07 Å². The summed E-state index contributed by atoms with van der Waals surface area (Å²) in [5.74, 6) is -6.89. The Morgan fingerprint density at radius 3 is 1.77 bits per heavy atom. The Kier molecular flexibility index (Phi) is 4.85. The van der Waals surface area contributed by atoms with Gasteiger partial charge in [-0.05, 0) is 17.2 Å². The van der Waals surface area contributed by atoms with Gasteiger partial charge >= 0.3 is 0 Å². The van der Waals surface area contributed by atoms with Crippen LogP contribution >= 0.6 is 0 Å². The topological polar surface area (TPSA) is 23.8 Å². The molecule has 0 saturated heterocycles. The second-order valence-electron chi connectivity index (χ2n) is 5.44. The molecule has 26 heavy (non-hydrogen) atoms. The van der Waals surface area contributed by atoms with Gasteiger partial charge in [0.05, 0.1) is 5.57 Å². The number of nitrogens with zero attached hydrogens (tertiary/aromatic N) is 1. The second kappa shape index (κ2) is 7.24. The lowest BCUT2D eigenvalue weighted by Gasteiger charge is -2.14. The predicted octanol–water partition coefficient (Wildman–Crippen LogP) is 5.73. The van der Waals surface area contributed by atoms with E-state index < -0.39 is 28.8 Å². The van der Waals surface area contributed by atoms with Gasteiger partial charge in [0, 0.05) is 11.1 Å². The summed E-state index contributed by atoms with van der Waals surface area (Å²) in [5.41, 5.74) is 0.291. The summed E-state index contributed by atoms with van der Waals surface area (Å²) in [4.78, 5) is 0. The smallest absolute Gasteiger partial charge is 0.198 e. The molecule has 0 saturated carbocycles. The fourth-order valence-electron chi connectivity index (χ4n) is 2.66. The van der Waals surface area contributed by atoms with Crippen molar-refractivity contribution in [2.24, 2.45) is 0 Å². The standard InChI is InChI=1S/C21H11F4N/c22-17-11-15(19(23)21(25)20(17)24)18(14-9-5-2-6-10-14)16(12-26)13-7-3-1-4-8-13/h1-11H/b18-16+. The Bertz CT molecular complexity index is 1020. The highest BCUT2D eigenvalue weighted by Gasteiger charge is 2.24. The van der Waals surface area contributed by atoms with Gasteiger partial charge in [0.25, 0.3) is 0 Å². The summed E-state index contributed by atoms with van der Waals surface area (Å²) in [6.45, 7) is 0. The summed E-state index contributed by atoms with van der Waals surface area (Å²) in [6, 6.07) is 19.0. The molecule has 0 radical (unpaired) electrons. The van der Waals surface area contributed by atoms with Gasteiger partial charge in [0.15, 0.2) is 23.3 Å². The molecule has 0 aromatic heterocycles. The SMILES string of the molecule is N#C/C(=C(/c1ccccc1)c1cc(F)c(F)c(F)c1F)c1ccccc1. The van der Waals surface area contributed by atoms with E-state index in [1.165, 1.54) is 0 Å². The Labute approximate surface area is 147 Å².